The highest BCUT2D eigenvalue weighted by atomic mass is 16.6. The fourth-order valence-electron chi connectivity index (χ4n) is 6.09. The number of ether oxygens (including phenoxy) is 3. The van der Waals surface area contributed by atoms with Gasteiger partial charge >= 0.3 is 11.9 Å². The Hall–Kier alpha value is -3.15. The van der Waals surface area contributed by atoms with Crippen molar-refractivity contribution in [1.29, 1.82) is 0 Å². The van der Waals surface area contributed by atoms with Gasteiger partial charge in [-0.15, -0.1) is 0 Å². The van der Waals surface area contributed by atoms with E-state index in [1.807, 2.05) is 18.2 Å². The summed E-state index contributed by atoms with van der Waals surface area (Å²) in [5, 5.41) is 32.4. The number of hydrogen-bond acceptors (Lipinski definition) is 9. The molecule has 0 aromatic heterocycles. The number of carboxylic acids is 1. The Kier molecular flexibility index (Phi) is 8.49. The van der Waals surface area contributed by atoms with E-state index in [0.717, 1.165) is 24.1 Å². The summed E-state index contributed by atoms with van der Waals surface area (Å²) in [6.45, 7) is 8.31. The average molecular weight is 561 g/mol. The maximum Gasteiger partial charge on any atom is 0.339 e. The third-order valence-electron chi connectivity index (χ3n) is 8.74. The largest absolute Gasteiger partial charge is 0.493 e. The summed E-state index contributed by atoms with van der Waals surface area (Å²) in [5.41, 5.74) is 1.88. The molecule has 4 N–H and O–H groups in total. The number of nitrogens with one attached hydrogen (secondary N) is 1. The molecule has 3 aliphatic rings. The molecule has 8 atom stereocenters. The summed E-state index contributed by atoms with van der Waals surface area (Å²) in [6.07, 6.45) is -1.01. The molecule has 1 saturated heterocycles. The first-order chi connectivity index (χ1) is 18.8. The van der Waals surface area contributed by atoms with Gasteiger partial charge in [-0.25, -0.2) is 9.59 Å². The fraction of sp³-hybridized carbons (Fsp3) is 0.621. The summed E-state index contributed by atoms with van der Waals surface area (Å²) in [6, 6.07) is 2.90. The molecule has 0 saturated carbocycles. The van der Waals surface area contributed by atoms with Crippen molar-refractivity contribution in [3.8, 4) is 11.5 Å². The number of carboxylic acid groups (broad SMARTS) is 1. The van der Waals surface area contributed by atoms with Gasteiger partial charge in [0.1, 0.15) is 12.1 Å². The average Bonchev–Trinajstić information content (AvgIpc) is 3.43. The minimum Gasteiger partial charge on any atom is -0.493 e. The standard InChI is InChI=1S/C29H40N2O9/c1-14(2)22(27(35)36)30-26(34)23(32)24(33)28(37)40-19-9-10-29(4)13-31(5)18(15(29)3)11-16-7-8-20(38-6)25-17(16)12-21(19)39-25/h7-10,14-15,18-19,21-24,32-33H,11-13H2,1-6H3,(H,30,34)(H,35,36)/b10-9-/t15?,18-,19?,21?,22?,23?,24?,29?/m1/s1. The van der Waals surface area contributed by atoms with E-state index in [9.17, 15) is 29.7 Å². The van der Waals surface area contributed by atoms with E-state index >= 15 is 0 Å². The summed E-state index contributed by atoms with van der Waals surface area (Å²) < 4.78 is 17.5. The van der Waals surface area contributed by atoms with E-state index in [2.05, 4.69) is 31.1 Å². The third-order valence-corrected chi connectivity index (χ3v) is 8.74. The van der Waals surface area contributed by atoms with Gasteiger partial charge in [0, 0.05) is 30.0 Å². The van der Waals surface area contributed by atoms with Crippen molar-refractivity contribution >= 4 is 17.8 Å². The van der Waals surface area contributed by atoms with Crippen LogP contribution in [0.25, 0.3) is 0 Å². The van der Waals surface area contributed by atoms with Crippen molar-refractivity contribution in [3.63, 3.8) is 0 Å². The SMILES string of the molecule is COc1ccc2c3c1OC(C3)C(OC(=O)C(O)C(O)C(=O)NC(C(=O)O)C(C)C)/C=C\C1(C)CN(C)[C@H](C2)C1C. The molecule has 1 amide bonds. The van der Waals surface area contributed by atoms with Crippen molar-refractivity contribution in [1.82, 2.24) is 10.2 Å². The third kappa shape index (κ3) is 5.55. The van der Waals surface area contributed by atoms with Crippen LogP contribution < -0.4 is 14.8 Å². The van der Waals surface area contributed by atoms with Crippen LogP contribution in [0, 0.1) is 17.3 Å². The van der Waals surface area contributed by atoms with Crippen LogP contribution in [0.2, 0.25) is 0 Å². The molecule has 4 bridgehead atoms. The zero-order chi connectivity index (χ0) is 29.5. The van der Waals surface area contributed by atoms with E-state index in [1.165, 1.54) is 0 Å². The Morgan fingerprint density at radius 1 is 1.18 bits per heavy atom. The van der Waals surface area contributed by atoms with Gasteiger partial charge in [0.25, 0.3) is 5.91 Å². The predicted octanol–water partition coefficient (Wildman–Crippen LogP) is 0.926. The van der Waals surface area contributed by atoms with Crippen molar-refractivity contribution in [3.05, 3.63) is 35.4 Å². The van der Waals surface area contributed by atoms with Crippen molar-refractivity contribution in [2.45, 2.75) is 77.0 Å². The monoisotopic (exact) mass is 560 g/mol. The van der Waals surface area contributed by atoms with Gasteiger partial charge in [0.2, 0.25) is 0 Å². The summed E-state index contributed by atoms with van der Waals surface area (Å²) in [5.74, 6) is -2.78. The lowest BCUT2D eigenvalue weighted by atomic mass is 9.76. The number of nitrogens with zero attached hydrogens (tertiary/aromatic N) is 1. The minimum absolute atomic E-state index is 0.228. The molecule has 1 aliphatic carbocycles. The first-order valence-electron chi connectivity index (χ1n) is 13.6. The lowest BCUT2D eigenvalue weighted by Crippen LogP contribution is -2.53. The summed E-state index contributed by atoms with van der Waals surface area (Å²) in [7, 11) is 3.66. The fourth-order valence-corrected chi connectivity index (χ4v) is 6.09. The van der Waals surface area contributed by atoms with E-state index in [0.29, 0.717) is 17.9 Å². The molecule has 40 heavy (non-hydrogen) atoms. The van der Waals surface area contributed by atoms with Crippen molar-refractivity contribution in [2.24, 2.45) is 17.3 Å². The maximum atomic E-state index is 13.0. The number of likely N-dealkylation sites (tertiary alicyclic amines) is 1. The summed E-state index contributed by atoms with van der Waals surface area (Å²) >= 11 is 0. The number of rotatable bonds is 8. The Labute approximate surface area is 234 Å². The number of carbonyl (C=O) groups is 3. The highest BCUT2D eigenvalue weighted by molar-refractivity contribution is 5.91. The Bertz CT molecular complexity index is 1180. The molecule has 1 aromatic rings. The number of benzene rings is 1. The second-order valence-corrected chi connectivity index (χ2v) is 11.8. The van der Waals surface area contributed by atoms with Crippen LogP contribution >= 0.6 is 0 Å². The molecule has 7 unspecified atom stereocenters. The number of hydrogen-bond donors (Lipinski definition) is 4. The molecular weight excluding hydrogens is 520 g/mol. The number of carbonyl (C=O) groups excluding carboxylic acids is 2. The number of likely N-dealkylation sites (N-methyl/N-ethyl adjacent to an activating group) is 1. The molecule has 2 heterocycles. The maximum absolute atomic E-state index is 13.0. The molecule has 0 radical (unpaired) electrons. The molecule has 0 spiro atoms. The van der Waals surface area contributed by atoms with E-state index < -0.39 is 54.2 Å². The molecule has 1 fully saturated rings. The van der Waals surface area contributed by atoms with Crippen molar-refractivity contribution < 1.29 is 43.9 Å². The normalized spacial score (nSPS) is 30.4. The number of aliphatic carboxylic acids is 1. The Morgan fingerprint density at radius 3 is 2.50 bits per heavy atom. The second-order valence-electron chi connectivity index (χ2n) is 11.8. The number of fused-ring (bicyclic) bond motifs is 3. The van der Waals surface area contributed by atoms with Crippen LogP contribution in [0.15, 0.2) is 24.3 Å². The van der Waals surface area contributed by atoms with Crippen LogP contribution in [0.5, 0.6) is 11.5 Å². The Balaban J connectivity index is 1.60. The van der Waals surface area contributed by atoms with Gasteiger partial charge in [0.05, 0.1) is 7.11 Å². The zero-order valence-electron chi connectivity index (χ0n) is 23.8. The highest BCUT2D eigenvalue weighted by Gasteiger charge is 2.46. The van der Waals surface area contributed by atoms with Crippen LogP contribution in [0.4, 0.5) is 0 Å². The number of methoxy groups -OCH3 is 1. The molecule has 220 valence electrons. The molecular formula is C29H40N2O9. The smallest absolute Gasteiger partial charge is 0.339 e. The van der Waals surface area contributed by atoms with E-state index in [-0.39, 0.29) is 17.4 Å². The van der Waals surface area contributed by atoms with Gasteiger partial charge in [-0.3, -0.25) is 4.79 Å². The first kappa shape index (κ1) is 29.8. The van der Waals surface area contributed by atoms with Crippen LogP contribution in [-0.4, -0.2) is 95.3 Å². The molecule has 11 heteroatoms. The molecule has 4 rings (SSSR count). The van der Waals surface area contributed by atoms with Gasteiger partial charge in [-0.1, -0.05) is 39.8 Å². The lowest BCUT2D eigenvalue weighted by Gasteiger charge is -2.29. The first-order valence-corrected chi connectivity index (χ1v) is 13.6. The van der Waals surface area contributed by atoms with Crippen molar-refractivity contribution in [2.75, 3.05) is 20.7 Å². The number of esters is 1. The number of amides is 1. The summed E-state index contributed by atoms with van der Waals surface area (Å²) in [4.78, 5) is 39.3. The molecule has 1 aromatic carbocycles. The number of aliphatic hydroxyl groups excluding tert-OH is 2. The van der Waals surface area contributed by atoms with Gasteiger partial charge in [-0.05, 0) is 43.0 Å². The van der Waals surface area contributed by atoms with Crippen LogP contribution in [0.1, 0.15) is 38.8 Å². The Morgan fingerprint density at radius 2 is 1.88 bits per heavy atom. The highest BCUT2D eigenvalue weighted by Crippen LogP contribution is 2.46. The van der Waals surface area contributed by atoms with Crippen LogP contribution in [-0.2, 0) is 32.0 Å². The van der Waals surface area contributed by atoms with Crippen LogP contribution in [0.3, 0.4) is 0 Å². The minimum atomic E-state index is -2.24. The van der Waals surface area contributed by atoms with Gasteiger partial charge in [0.15, 0.2) is 29.8 Å². The second kappa shape index (κ2) is 11.4. The van der Waals surface area contributed by atoms with E-state index in [4.69, 9.17) is 14.2 Å². The zero-order valence-corrected chi connectivity index (χ0v) is 23.8. The molecule has 11 nitrogen and oxygen atoms in total. The quantitative estimate of drug-likeness (QED) is 0.267. The van der Waals surface area contributed by atoms with Gasteiger partial charge < -0.3 is 39.7 Å². The predicted molar refractivity (Wildman–Crippen MR) is 144 cm³/mol. The lowest BCUT2D eigenvalue weighted by molar-refractivity contribution is -0.169. The van der Waals surface area contributed by atoms with Gasteiger partial charge in [-0.2, -0.15) is 0 Å². The topological polar surface area (TPSA) is 155 Å². The number of aliphatic hydroxyl groups is 2. The van der Waals surface area contributed by atoms with E-state index in [1.54, 1.807) is 27.0 Å². The molecule has 2 aliphatic heterocycles.